The maximum atomic E-state index is 11.6. The third-order valence-corrected chi connectivity index (χ3v) is 4.01. The van der Waals surface area contributed by atoms with E-state index >= 15 is 0 Å². The molecule has 2 atom stereocenters. The number of hydrogen-bond donors (Lipinski definition) is 1. The minimum absolute atomic E-state index is 0. The van der Waals surface area contributed by atoms with Gasteiger partial charge in [0, 0.05) is 4.47 Å². The van der Waals surface area contributed by atoms with Gasteiger partial charge in [-0.3, -0.25) is 4.79 Å². The van der Waals surface area contributed by atoms with Crippen molar-refractivity contribution in [2.24, 2.45) is 5.73 Å². The Labute approximate surface area is 122 Å². The molecule has 0 aliphatic heterocycles. The lowest BCUT2D eigenvalue weighted by Crippen LogP contribution is -2.46. The fourth-order valence-electron chi connectivity index (χ4n) is 2.48. The summed E-state index contributed by atoms with van der Waals surface area (Å²) in [7, 11) is 1.39. The summed E-state index contributed by atoms with van der Waals surface area (Å²) in [6.45, 7) is 0. The smallest absolute Gasteiger partial charge is 0.325 e. The molecule has 1 aromatic carbocycles. The topological polar surface area (TPSA) is 52.3 Å². The van der Waals surface area contributed by atoms with Crippen molar-refractivity contribution in [3.05, 3.63) is 34.3 Å². The van der Waals surface area contributed by atoms with Gasteiger partial charge >= 0.3 is 5.97 Å². The highest BCUT2D eigenvalue weighted by molar-refractivity contribution is 9.10. The molecule has 0 radical (unpaired) electrons. The Morgan fingerprint density at radius 2 is 2.06 bits per heavy atom. The Balaban J connectivity index is 0.00000162. The quantitative estimate of drug-likeness (QED) is 0.846. The minimum atomic E-state index is -0.799. The summed E-state index contributed by atoms with van der Waals surface area (Å²) in [6.07, 6.45) is 2.30. The van der Waals surface area contributed by atoms with Gasteiger partial charge in [-0.25, -0.2) is 0 Å². The monoisotopic (exact) mass is 333 g/mol. The zero-order valence-electron chi connectivity index (χ0n) is 10.2. The van der Waals surface area contributed by atoms with Crippen LogP contribution in [0.25, 0.3) is 0 Å². The maximum absolute atomic E-state index is 11.6. The van der Waals surface area contributed by atoms with Crippen LogP contribution in [-0.4, -0.2) is 18.6 Å². The minimum Gasteiger partial charge on any atom is -0.468 e. The second-order valence-corrected chi connectivity index (χ2v) is 5.55. The molecule has 2 N–H and O–H groups in total. The Bertz CT molecular complexity index is 424. The van der Waals surface area contributed by atoms with E-state index in [1.165, 1.54) is 12.7 Å². The first-order valence-corrected chi connectivity index (χ1v) is 6.47. The summed E-state index contributed by atoms with van der Waals surface area (Å²) in [4.78, 5) is 11.6. The number of nitrogens with two attached hydrogens (primary N) is 1. The molecule has 3 nitrogen and oxygen atoms in total. The number of carbonyl (C=O) groups is 1. The van der Waals surface area contributed by atoms with Gasteiger partial charge in [-0.15, -0.1) is 12.4 Å². The van der Waals surface area contributed by atoms with E-state index < -0.39 is 5.54 Å². The normalized spacial score (nSPS) is 26.5. The standard InChI is InChI=1S/C13H16BrNO2.ClH/c1-17-12(16)13(15)7-6-10(8-13)9-2-4-11(14)5-3-9;/h2-5,10H,6-8,15H2,1H3;1H/t10-,13-;/m1./s1. The number of benzene rings is 1. The highest BCUT2D eigenvalue weighted by atomic mass is 79.9. The van der Waals surface area contributed by atoms with Crippen molar-refractivity contribution in [2.75, 3.05) is 7.11 Å². The van der Waals surface area contributed by atoms with Crippen LogP contribution in [0.4, 0.5) is 0 Å². The van der Waals surface area contributed by atoms with Crippen LogP contribution < -0.4 is 5.73 Å². The van der Waals surface area contributed by atoms with Crippen LogP contribution in [0.3, 0.4) is 0 Å². The summed E-state index contributed by atoms with van der Waals surface area (Å²) in [5, 5.41) is 0. The first kappa shape index (κ1) is 15.5. The fraction of sp³-hybridized carbons (Fsp3) is 0.462. The molecule has 18 heavy (non-hydrogen) atoms. The van der Waals surface area contributed by atoms with Crippen LogP contribution in [0.2, 0.25) is 0 Å². The third-order valence-electron chi connectivity index (χ3n) is 3.48. The average Bonchev–Trinajstić information content (AvgIpc) is 2.73. The molecular formula is C13H17BrClNO2. The zero-order valence-corrected chi connectivity index (χ0v) is 12.6. The van der Waals surface area contributed by atoms with Gasteiger partial charge in [-0.1, -0.05) is 28.1 Å². The second-order valence-electron chi connectivity index (χ2n) is 4.64. The predicted molar refractivity (Wildman–Crippen MR) is 76.9 cm³/mol. The summed E-state index contributed by atoms with van der Waals surface area (Å²) < 4.78 is 5.83. The molecule has 1 fully saturated rings. The maximum Gasteiger partial charge on any atom is 0.325 e. The van der Waals surface area contributed by atoms with Gasteiger partial charge in [0.05, 0.1) is 7.11 Å². The largest absolute Gasteiger partial charge is 0.468 e. The third kappa shape index (κ3) is 3.05. The average molecular weight is 335 g/mol. The zero-order chi connectivity index (χ0) is 12.5. The van der Waals surface area contributed by atoms with E-state index in [1.807, 2.05) is 12.1 Å². The molecule has 1 saturated carbocycles. The van der Waals surface area contributed by atoms with Gasteiger partial charge in [-0.2, -0.15) is 0 Å². The van der Waals surface area contributed by atoms with Crippen LogP contribution >= 0.6 is 28.3 Å². The lowest BCUT2D eigenvalue weighted by Gasteiger charge is -2.20. The van der Waals surface area contributed by atoms with Gasteiger partial charge in [-0.05, 0) is 42.9 Å². The molecule has 2 rings (SSSR count). The number of ether oxygens (including phenoxy) is 1. The van der Waals surface area contributed by atoms with E-state index in [2.05, 4.69) is 28.1 Å². The van der Waals surface area contributed by atoms with E-state index in [4.69, 9.17) is 10.5 Å². The van der Waals surface area contributed by atoms with Crippen molar-refractivity contribution >= 4 is 34.3 Å². The number of carbonyl (C=O) groups excluding carboxylic acids is 1. The number of halogens is 2. The second kappa shape index (κ2) is 6.04. The van der Waals surface area contributed by atoms with Gasteiger partial charge in [0.2, 0.25) is 0 Å². The van der Waals surface area contributed by atoms with Crippen molar-refractivity contribution < 1.29 is 9.53 Å². The molecule has 0 spiro atoms. The molecule has 0 aromatic heterocycles. The number of esters is 1. The first-order valence-electron chi connectivity index (χ1n) is 5.68. The van der Waals surface area contributed by atoms with Gasteiger partial charge in [0.25, 0.3) is 0 Å². The Hall–Kier alpha value is -0.580. The summed E-state index contributed by atoms with van der Waals surface area (Å²) >= 11 is 3.41. The molecular weight excluding hydrogens is 318 g/mol. The Morgan fingerprint density at radius 3 is 2.61 bits per heavy atom. The summed E-state index contributed by atoms with van der Waals surface area (Å²) in [5.41, 5.74) is 6.53. The van der Waals surface area contributed by atoms with E-state index in [-0.39, 0.29) is 18.4 Å². The SMILES string of the molecule is COC(=O)[C@@]1(N)CC[C@@H](c2ccc(Br)cc2)C1.Cl. The number of hydrogen-bond acceptors (Lipinski definition) is 3. The molecule has 100 valence electrons. The molecule has 0 heterocycles. The van der Waals surface area contributed by atoms with Crippen molar-refractivity contribution in [1.82, 2.24) is 0 Å². The lowest BCUT2D eigenvalue weighted by molar-refractivity contribution is -0.146. The molecule has 0 saturated heterocycles. The summed E-state index contributed by atoms with van der Waals surface area (Å²) in [6, 6.07) is 8.20. The van der Waals surface area contributed by atoms with E-state index in [0.29, 0.717) is 18.8 Å². The van der Waals surface area contributed by atoms with Gasteiger partial charge in [0.15, 0.2) is 0 Å². The van der Waals surface area contributed by atoms with Crippen LogP contribution in [0.1, 0.15) is 30.7 Å². The predicted octanol–water partition coefficient (Wildman–Crippen LogP) is 3.01. The lowest BCUT2D eigenvalue weighted by atomic mass is 9.93. The van der Waals surface area contributed by atoms with Crippen molar-refractivity contribution in [2.45, 2.75) is 30.7 Å². The van der Waals surface area contributed by atoms with Gasteiger partial charge < -0.3 is 10.5 Å². The van der Waals surface area contributed by atoms with Crippen LogP contribution in [0, 0.1) is 0 Å². The number of rotatable bonds is 2. The van der Waals surface area contributed by atoms with E-state index in [9.17, 15) is 4.79 Å². The Kier molecular flexibility index (Phi) is 5.20. The van der Waals surface area contributed by atoms with Gasteiger partial charge in [0.1, 0.15) is 5.54 Å². The van der Waals surface area contributed by atoms with Crippen LogP contribution in [0.15, 0.2) is 28.7 Å². The summed E-state index contributed by atoms with van der Waals surface area (Å²) in [5.74, 6) is 0.0595. The Morgan fingerprint density at radius 1 is 1.44 bits per heavy atom. The first-order chi connectivity index (χ1) is 8.05. The van der Waals surface area contributed by atoms with Crippen molar-refractivity contribution in [3.8, 4) is 0 Å². The molecule has 1 aliphatic carbocycles. The molecule has 1 aromatic rings. The molecule has 0 bridgehead atoms. The molecule has 0 unspecified atom stereocenters. The highest BCUT2D eigenvalue weighted by Crippen LogP contribution is 2.40. The molecule has 0 amide bonds. The van der Waals surface area contributed by atoms with Crippen molar-refractivity contribution in [1.29, 1.82) is 0 Å². The van der Waals surface area contributed by atoms with E-state index in [1.54, 1.807) is 0 Å². The molecule has 1 aliphatic rings. The van der Waals surface area contributed by atoms with Crippen LogP contribution in [-0.2, 0) is 9.53 Å². The molecule has 5 heteroatoms. The van der Waals surface area contributed by atoms with Crippen molar-refractivity contribution in [3.63, 3.8) is 0 Å². The van der Waals surface area contributed by atoms with Crippen LogP contribution in [0.5, 0.6) is 0 Å². The fourth-order valence-corrected chi connectivity index (χ4v) is 2.75. The van der Waals surface area contributed by atoms with E-state index in [0.717, 1.165) is 10.9 Å². The number of methoxy groups -OCH3 is 1. The highest BCUT2D eigenvalue weighted by Gasteiger charge is 2.43.